The van der Waals surface area contributed by atoms with E-state index in [0.29, 0.717) is 12.8 Å². The van der Waals surface area contributed by atoms with E-state index in [0.717, 1.165) is 0 Å². The first-order valence-corrected chi connectivity index (χ1v) is 7.56. The number of carbonyl (C=O) groups is 1. The third-order valence-electron chi connectivity index (χ3n) is 4.88. The maximum Gasteiger partial charge on any atom is 0.324 e. The van der Waals surface area contributed by atoms with Gasteiger partial charge in [0.1, 0.15) is 0 Å². The number of aliphatic carboxylic acids is 1. The second-order valence-corrected chi connectivity index (χ2v) is 7.79. The van der Waals surface area contributed by atoms with Crippen LogP contribution >= 0.6 is 0 Å². The minimum atomic E-state index is -2.92. The first-order valence-electron chi connectivity index (χ1n) is 5.74. The highest BCUT2D eigenvalue weighted by Gasteiger charge is 2.65. The Morgan fingerprint density at radius 2 is 1.65 bits per heavy atom. The van der Waals surface area contributed by atoms with E-state index in [1.807, 2.05) is 6.07 Å². The van der Waals surface area contributed by atoms with Gasteiger partial charge in [-0.3, -0.25) is 4.79 Å². The number of fused-ring (bicyclic) bond motifs is 4. The van der Waals surface area contributed by atoms with Gasteiger partial charge in [-0.15, -0.1) is 0 Å². The quantitative estimate of drug-likeness (QED) is 0.726. The molecule has 3 rings (SSSR count). The van der Waals surface area contributed by atoms with E-state index in [1.54, 1.807) is 0 Å². The fourth-order valence-corrected chi connectivity index (χ4v) is 6.38. The van der Waals surface area contributed by atoms with Crippen LogP contribution in [0, 0.1) is 40.4 Å². The third kappa shape index (κ3) is 1.29. The van der Waals surface area contributed by atoms with Crippen LogP contribution in [0.1, 0.15) is 12.8 Å². The van der Waals surface area contributed by atoms with Gasteiger partial charge in [-0.25, -0.2) is 8.42 Å². The first-order chi connectivity index (χ1) is 7.88. The van der Waals surface area contributed by atoms with Crippen LogP contribution in [0.2, 0.25) is 0 Å². The van der Waals surface area contributed by atoms with Gasteiger partial charge in [0.15, 0.2) is 15.3 Å². The van der Waals surface area contributed by atoms with Crippen LogP contribution in [0.3, 0.4) is 0 Å². The van der Waals surface area contributed by atoms with Crippen LogP contribution in [0.4, 0.5) is 0 Å². The van der Waals surface area contributed by atoms with Crippen molar-refractivity contribution in [3.8, 4) is 6.07 Å². The first kappa shape index (κ1) is 11.0. The molecule has 1 N–H and O–H groups in total. The van der Waals surface area contributed by atoms with Gasteiger partial charge in [-0.2, -0.15) is 5.26 Å². The predicted molar refractivity (Wildman–Crippen MR) is 57.5 cm³/mol. The van der Waals surface area contributed by atoms with Crippen molar-refractivity contribution < 1.29 is 18.3 Å². The van der Waals surface area contributed by atoms with Gasteiger partial charge in [-0.1, -0.05) is 0 Å². The number of rotatable bonds is 1. The maximum atomic E-state index is 11.5. The van der Waals surface area contributed by atoms with Gasteiger partial charge in [-0.05, 0) is 36.5 Å². The Hall–Kier alpha value is -1.09. The highest BCUT2D eigenvalue weighted by Crippen LogP contribution is 2.63. The van der Waals surface area contributed by atoms with Gasteiger partial charge >= 0.3 is 5.97 Å². The van der Waals surface area contributed by atoms with Crippen molar-refractivity contribution in [1.29, 1.82) is 5.26 Å². The Bertz CT molecular complexity index is 506. The molecule has 6 heteroatoms. The van der Waals surface area contributed by atoms with Crippen molar-refractivity contribution in [3.05, 3.63) is 0 Å². The largest absolute Gasteiger partial charge is 0.480 e. The fourth-order valence-electron chi connectivity index (χ4n) is 4.08. The van der Waals surface area contributed by atoms with Crippen molar-refractivity contribution >= 4 is 15.8 Å². The molecule has 0 amide bonds. The van der Waals surface area contributed by atoms with Crippen LogP contribution in [0.25, 0.3) is 0 Å². The van der Waals surface area contributed by atoms with Gasteiger partial charge < -0.3 is 5.11 Å². The van der Waals surface area contributed by atoms with Crippen LogP contribution in [-0.4, -0.2) is 31.0 Å². The molecule has 2 aliphatic carbocycles. The molecule has 5 nitrogen and oxygen atoms in total. The zero-order chi connectivity index (χ0) is 12.4. The Morgan fingerprint density at radius 1 is 1.18 bits per heavy atom. The van der Waals surface area contributed by atoms with E-state index in [1.165, 1.54) is 0 Å². The van der Waals surface area contributed by atoms with Crippen LogP contribution in [0.5, 0.6) is 0 Å². The summed E-state index contributed by atoms with van der Waals surface area (Å²) in [6.45, 7) is 0. The number of carboxylic acid groups (broad SMARTS) is 1. The number of nitrogens with zero attached hydrogens (tertiary/aromatic N) is 1. The maximum absolute atomic E-state index is 11.5. The molecule has 17 heavy (non-hydrogen) atoms. The summed E-state index contributed by atoms with van der Waals surface area (Å²) in [5.74, 6) is -0.171. The van der Waals surface area contributed by atoms with Crippen LogP contribution in [-0.2, 0) is 14.6 Å². The van der Waals surface area contributed by atoms with Gasteiger partial charge in [0.05, 0.1) is 17.6 Å². The molecule has 0 radical (unpaired) electrons. The Kier molecular flexibility index (Phi) is 1.96. The summed E-state index contributed by atoms with van der Waals surface area (Å²) < 4.78 is 23.0. The van der Waals surface area contributed by atoms with Crippen LogP contribution in [0.15, 0.2) is 0 Å². The average molecular weight is 255 g/mol. The monoisotopic (exact) mass is 255 g/mol. The van der Waals surface area contributed by atoms with E-state index in [-0.39, 0.29) is 35.2 Å². The van der Waals surface area contributed by atoms with E-state index in [2.05, 4.69) is 0 Å². The minimum Gasteiger partial charge on any atom is -0.480 e. The molecule has 3 aliphatic rings. The summed E-state index contributed by atoms with van der Waals surface area (Å²) in [4.78, 5) is 11.2. The Morgan fingerprint density at radius 3 is 2.00 bits per heavy atom. The second-order valence-electron chi connectivity index (χ2n) is 5.64. The SMILES string of the molecule is N#CC1(C(=O)O)C[C@@H]2[C@H](C1)[C@@H]1CS(=O)(=O)C[C@H]21. The lowest BCUT2D eigenvalue weighted by molar-refractivity contribution is -0.145. The van der Waals surface area contributed by atoms with Gasteiger partial charge in [0, 0.05) is 0 Å². The number of carboxylic acids is 1. The van der Waals surface area contributed by atoms with E-state index < -0.39 is 21.2 Å². The molecule has 0 aromatic heterocycles. The van der Waals surface area contributed by atoms with Crippen LogP contribution < -0.4 is 0 Å². The molecule has 3 fully saturated rings. The Labute approximate surface area is 99.3 Å². The lowest BCUT2D eigenvalue weighted by Crippen LogP contribution is -2.42. The number of hydrogen-bond donors (Lipinski definition) is 1. The number of sulfone groups is 1. The van der Waals surface area contributed by atoms with Crippen molar-refractivity contribution in [2.75, 3.05) is 11.5 Å². The summed E-state index contributed by atoms with van der Waals surface area (Å²) in [5.41, 5.74) is -1.26. The molecule has 2 saturated carbocycles. The average Bonchev–Trinajstić information content (AvgIpc) is 2.73. The molecule has 5 atom stereocenters. The summed E-state index contributed by atoms with van der Waals surface area (Å²) in [6.07, 6.45) is 0.667. The molecule has 1 heterocycles. The van der Waals surface area contributed by atoms with Crippen molar-refractivity contribution in [2.24, 2.45) is 29.1 Å². The fraction of sp³-hybridized carbons (Fsp3) is 0.818. The van der Waals surface area contributed by atoms with Crippen molar-refractivity contribution in [3.63, 3.8) is 0 Å². The lowest BCUT2D eigenvalue weighted by atomic mass is 9.60. The normalized spacial score (nSPS) is 49.8. The molecule has 0 spiro atoms. The summed E-state index contributed by atoms with van der Waals surface area (Å²) >= 11 is 0. The second kappa shape index (κ2) is 3.02. The van der Waals surface area contributed by atoms with E-state index >= 15 is 0 Å². The highest BCUT2D eigenvalue weighted by molar-refractivity contribution is 7.91. The standard InChI is InChI=1S/C11H13NO4S/c12-5-11(10(13)14)1-6-7(2-11)9-4-17(15,16)3-8(6)9/h6-9H,1-4H2,(H,13,14)/t6-,7+,8-,9+,11?. The molecule has 0 bridgehead atoms. The lowest BCUT2D eigenvalue weighted by Gasteiger charge is -2.43. The molecule has 1 aliphatic heterocycles. The Balaban J connectivity index is 1.86. The zero-order valence-corrected chi connectivity index (χ0v) is 9.98. The molecule has 0 aromatic rings. The molecule has 1 saturated heterocycles. The molecular formula is C11H13NO4S. The zero-order valence-electron chi connectivity index (χ0n) is 9.17. The van der Waals surface area contributed by atoms with Gasteiger partial charge in [0.2, 0.25) is 0 Å². The third-order valence-corrected chi connectivity index (χ3v) is 6.67. The summed E-state index contributed by atoms with van der Waals surface area (Å²) in [5, 5.41) is 18.2. The number of hydrogen-bond acceptors (Lipinski definition) is 4. The molecule has 0 aromatic carbocycles. The highest BCUT2D eigenvalue weighted by atomic mass is 32.2. The van der Waals surface area contributed by atoms with E-state index in [4.69, 9.17) is 10.4 Å². The summed E-state index contributed by atoms with van der Waals surface area (Å²) in [7, 11) is -2.92. The molecule has 92 valence electrons. The number of nitriles is 1. The summed E-state index contributed by atoms with van der Waals surface area (Å²) in [6, 6.07) is 1.94. The minimum absolute atomic E-state index is 0.111. The van der Waals surface area contributed by atoms with Crippen molar-refractivity contribution in [1.82, 2.24) is 0 Å². The molecule has 1 unspecified atom stereocenters. The smallest absolute Gasteiger partial charge is 0.324 e. The topological polar surface area (TPSA) is 95.2 Å². The predicted octanol–water partition coefficient (Wildman–Crippen LogP) is 0.282. The molecular weight excluding hydrogens is 242 g/mol. The van der Waals surface area contributed by atoms with Gasteiger partial charge in [0.25, 0.3) is 0 Å². The van der Waals surface area contributed by atoms with E-state index in [9.17, 15) is 13.2 Å². The van der Waals surface area contributed by atoms with Crippen molar-refractivity contribution in [2.45, 2.75) is 12.8 Å².